The Morgan fingerprint density at radius 1 is 1.07 bits per heavy atom. The van der Waals surface area contributed by atoms with E-state index >= 15 is 0 Å². The van der Waals surface area contributed by atoms with Crippen molar-refractivity contribution in [3.05, 3.63) is 65.5 Å². The Bertz CT molecular complexity index is 904. The van der Waals surface area contributed by atoms with Crippen LogP contribution in [-0.4, -0.2) is 40.6 Å². The van der Waals surface area contributed by atoms with Crippen molar-refractivity contribution in [2.75, 3.05) is 24.5 Å². The number of aromatic nitrogens is 2. The molecular formula is C23H26N4OS. The van der Waals surface area contributed by atoms with Crippen molar-refractivity contribution < 1.29 is 4.79 Å². The maximum atomic E-state index is 13.0. The van der Waals surface area contributed by atoms with Crippen LogP contribution in [0.5, 0.6) is 0 Å². The van der Waals surface area contributed by atoms with Crippen LogP contribution in [-0.2, 0) is 11.3 Å². The lowest BCUT2D eigenvalue weighted by Gasteiger charge is -2.34. The SMILES string of the molecule is CCN(Cc1ccccc1)C(=O)C1CCN(c2ccc(-c3cccs3)nn2)CC1. The van der Waals surface area contributed by atoms with E-state index in [4.69, 9.17) is 0 Å². The van der Waals surface area contributed by atoms with Gasteiger partial charge in [0.25, 0.3) is 0 Å². The first-order valence-electron chi connectivity index (χ1n) is 10.2. The molecule has 1 aliphatic heterocycles. The molecule has 150 valence electrons. The number of rotatable bonds is 6. The van der Waals surface area contributed by atoms with E-state index in [0.29, 0.717) is 6.54 Å². The lowest BCUT2D eigenvalue weighted by atomic mass is 9.95. The number of benzene rings is 1. The minimum atomic E-state index is 0.0910. The number of piperidine rings is 1. The van der Waals surface area contributed by atoms with Gasteiger partial charge in [0.15, 0.2) is 5.82 Å². The van der Waals surface area contributed by atoms with Gasteiger partial charge in [-0.2, -0.15) is 0 Å². The molecule has 0 radical (unpaired) electrons. The highest BCUT2D eigenvalue weighted by molar-refractivity contribution is 7.13. The van der Waals surface area contributed by atoms with Crippen molar-refractivity contribution in [3.63, 3.8) is 0 Å². The zero-order chi connectivity index (χ0) is 20.1. The van der Waals surface area contributed by atoms with Crippen molar-refractivity contribution >= 4 is 23.1 Å². The third-order valence-corrected chi connectivity index (χ3v) is 6.39. The van der Waals surface area contributed by atoms with Crippen LogP contribution in [0.3, 0.4) is 0 Å². The first-order valence-corrected chi connectivity index (χ1v) is 11.1. The van der Waals surface area contributed by atoms with Crippen molar-refractivity contribution in [2.24, 2.45) is 5.92 Å². The van der Waals surface area contributed by atoms with Crippen LogP contribution >= 0.6 is 11.3 Å². The average molecular weight is 407 g/mol. The van der Waals surface area contributed by atoms with Crippen LogP contribution in [0.4, 0.5) is 5.82 Å². The predicted octanol–water partition coefficient (Wildman–Crippen LogP) is 4.47. The average Bonchev–Trinajstić information content (AvgIpc) is 3.33. The van der Waals surface area contributed by atoms with E-state index in [9.17, 15) is 4.79 Å². The van der Waals surface area contributed by atoms with E-state index in [1.165, 1.54) is 5.56 Å². The van der Waals surface area contributed by atoms with Gasteiger partial charge < -0.3 is 9.80 Å². The van der Waals surface area contributed by atoms with E-state index in [2.05, 4.69) is 40.2 Å². The van der Waals surface area contributed by atoms with E-state index in [1.54, 1.807) is 11.3 Å². The molecule has 1 saturated heterocycles. The summed E-state index contributed by atoms with van der Waals surface area (Å²) in [6.45, 7) is 5.16. The van der Waals surface area contributed by atoms with Gasteiger partial charge in [-0.05, 0) is 48.9 Å². The Morgan fingerprint density at radius 2 is 1.86 bits per heavy atom. The van der Waals surface area contributed by atoms with E-state index in [0.717, 1.165) is 48.9 Å². The van der Waals surface area contributed by atoms with Crippen LogP contribution in [0.1, 0.15) is 25.3 Å². The summed E-state index contributed by atoms with van der Waals surface area (Å²) in [6.07, 6.45) is 1.72. The fourth-order valence-electron chi connectivity index (χ4n) is 3.81. The van der Waals surface area contributed by atoms with Gasteiger partial charge in [0, 0.05) is 32.1 Å². The first-order chi connectivity index (χ1) is 14.2. The quantitative estimate of drug-likeness (QED) is 0.606. The Hall–Kier alpha value is -2.73. The van der Waals surface area contributed by atoms with Gasteiger partial charge in [0.2, 0.25) is 5.91 Å². The molecule has 3 aromatic rings. The molecule has 0 unspecified atom stereocenters. The van der Waals surface area contributed by atoms with Gasteiger partial charge in [0.05, 0.1) is 4.88 Å². The molecule has 29 heavy (non-hydrogen) atoms. The number of thiophene rings is 1. The second-order valence-electron chi connectivity index (χ2n) is 7.35. The second-order valence-corrected chi connectivity index (χ2v) is 8.30. The standard InChI is InChI=1S/C23H26N4OS/c1-2-26(17-18-7-4-3-5-8-18)23(28)19-12-14-27(15-13-19)22-11-10-20(24-25-22)21-9-6-16-29-21/h3-11,16,19H,2,12-15,17H2,1H3. The maximum absolute atomic E-state index is 13.0. The van der Waals surface area contributed by atoms with Crippen molar-refractivity contribution in [1.82, 2.24) is 15.1 Å². The van der Waals surface area contributed by atoms with Gasteiger partial charge in [-0.15, -0.1) is 21.5 Å². The summed E-state index contributed by atoms with van der Waals surface area (Å²) in [7, 11) is 0. The number of hydrogen-bond acceptors (Lipinski definition) is 5. The Labute approximate surface area is 176 Å². The smallest absolute Gasteiger partial charge is 0.226 e. The molecule has 4 rings (SSSR count). The summed E-state index contributed by atoms with van der Waals surface area (Å²) in [5, 5.41) is 10.9. The molecule has 5 nitrogen and oxygen atoms in total. The molecule has 1 aromatic carbocycles. The molecule has 0 atom stereocenters. The highest BCUT2D eigenvalue weighted by Crippen LogP contribution is 2.26. The van der Waals surface area contributed by atoms with Gasteiger partial charge >= 0.3 is 0 Å². The highest BCUT2D eigenvalue weighted by atomic mass is 32.1. The van der Waals surface area contributed by atoms with Crippen LogP contribution in [0, 0.1) is 5.92 Å². The monoisotopic (exact) mass is 406 g/mol. The molecule has 2 aromatic heterocycles. The number of anilines is 1. The fourth-order valence-corrected chi connectivity index (χ4v) is 4.50. The minimum absolute atomic E-state index is 0.0910. The third-order valence-electron chi connectivity index (χ3n) is 5.50. The molecule has 6 heteroatoms. The molecule has 0 spiro atoms. The lowest BCUT2D eigenvalue weighted by Crippen LogP contribution is -2.42. The molecule has 0 bridgehead atoms. The fraction of sp³-hybridized carbons (Fsp3) is 0.348. The normalized spacial score (nSPS) is 14.7. The van der Waals surface area contributed by atoms with Crippen molar-refractivity contribution in [3.8, 4) is 10.6 Å². The number of nitrogens with zero attached hydrogens (tertiary/aromatic N) is 4. The molecule has 1 fully saturated rings. The summed E-state index contributed by atoms with van der Waals surface area (Å²) in [5.41, 5.74) is 2.09. The summed E-state index contributed by atoms with van der Waals surface area (Å²) in [4.78, 5) is 18.4. The number of carbonyl (C=O) groups excluding carboxylic acids is 1. The van der Waals surface area contributed by atoms with Gasteiger partial charge in [0.1, 0.15) is 5.69 Å². The minimum Gasteiger partial charge on any atom is -0.355 e. The Kier molecular flexibility index (Phi) is 6.20. The van der Waals surface area contributed by atoms with Gasteiger partial charge in [-0.1, -0.05) is 36.4 Å². The summed E-state index contributed by atoms with van der Waals surface area (Å²) < 4.78 is 0. The van der Waals surface area contributed by atoms with E-state index < -0.39 is 0 Å². The van der Waals surface area contributed by atoms with E-state index in [-0.39, 0.29) is 11.8 Å². The zero-order valence-corrected chi connectivity index (χ0v) is 17.5. The van der Waals surface area contributed by atoms with Gasteiger partial charge in [-0.25, -0.2) is 0 Å². The lowest BCUT2D eigenvalue weighted by molar-refractivity contribution is -0.136. The van der Waals surface area contributed by atoms with Crippen molar-refractivity contribution in [2.45, 2.75) is 26.3 Å². The third kappa shape index (κ3) is 4.65. The molecule has 3 heterocycles. The molecule has 0 saturated carbocycles. The number of amides is 1. The second kappa shape index (κ2) is 9.18. The molecule has 0 N–H and O–H groups in total. The number of carbonyl (C=O) groups is 1. The molecule has 1 aliphatic rings. The summed E-state index contributed by atoms with van der Waals surface area (Å²) in [5.74, 6) is 1.26. The molecule has 1 amide bonds. The summed E-state index contributed by atoms with van der Waals surface area (Å²) >= 11 is 1.67. The first kappa shape index (κ1) is 19.6. The summed E-state index contributed by atoms with van der Waals surface area (Å²) in [6, 6.07) is 18.4. The highest BCUT2D eigenvalue weighted by Gasteiger charge is 2.28. The van der Waals surface area contributed by atoms with Crippen molar-refractivity contribution in [1.29, 1.82) is 0 Å². The Balaban J connectivity index is 1.34. The van der Waals surface area contributed by atoms with Crippen LogP contribution in [0.15, 0.2) is 60.0 Å². The predicted molar refractivity (Wildman–Crippen MR) is 118 cm³/mol. The topological polar surface area (TPSA) is 49.3 Å². The number of hydrogen-bond donors (Lipinski definition) is 0. The Morgan fingerprint density at radius 3 is 2.48 bits per heavy atom. The van der Waals surface area contributed by atoms with Crippen LogP contribution < -0.4 is 4.90 Å². The maximum Gasteiger partial charge on any atom is 0.226 e. The largest absolute Gasteiger partial charge is 0.355 e. The van der Waals surface area contributed by atoms with Crippen LogP contribution in [0.2, 0.25) is 0 Å². The van der Waals surface area contributed by atoms with Gasteiger partial charge in [-0.3, -0.25) is 4.79 Å². The zero-order valence-electron chi connectivity index (χ0n) is 16.7. The molecule has 0 aliphatic carbocycles. The van der Waals surface area contributed by atoms with Crippen LogP contribution in [0.25, 0.3) is 10.6 Å². The molecular weight excluding hydrogens is 380 g/mol. The van der Waals surface area contributed by atoms with E-state index in [1.807, 2.05) is 46.7 Å².